The second-order valence-corrected chi connectivity index (χ2v) is 4.08. The third-order valence-electron chi connectivity index (χ3n) is 2.06. The molecule has 1 heterocycles. The van der Waals surface area contributed by atoms with Crippen LogP contribution in [0.3, 0.4) is 0 Å². The molecular formula is C10H5BrF3NO2. The summed E-state index contributed by atoms with van der Waals surface area (Å²) in [5, 5.41) is 0.643. The van der Waals surface area contributed by atoms with Crippen molar-refractivity contribution >= 4 is 26.7 Å². The Morgan fingerprint density at radius 1 is 1.24 bits per heavy atom. The second-order valence-electron chi connectivity index (χ2n) is 3.22. The zero-order valence-electron chi connectivity index (χ0n) is 8.14. The molecule has 17 heavy (non-hydrogen) atoms. The van der Waals surface area contributed by atoms with E-state index in [1.807, 2.05) is 0 Å². The van der Waals surface area contributed by atoms with Gasteiger partial charge in [0.15, 0.2) is 0 Å². The van der Waals surface area contributed by atoms with Crippen molar-refractivity contribution in [2.45, 2.75) is 6.36 Å². The van der Waals surface area contributed by atoms with Crippen molar-refractivity contribution < 1.29 is 17.9 Å². The van der Waals surface area contributed by atoms with E-state index in [-0.39, 0.29) is 16.7 Å². The zero-order valence-corrected chi connectivity index (χ0v) is 9.72. The highest BCUT2D eigenvalue weighted by Gasteiger charge is 2.31. The number of aromatic nitrogens is 1. The van der Waals surface area contributed by atoms with Crippen molar-refractivity contribution in [1.29, 1.82) is 0 Å². The third kappa shape index (κ3) is 2.60. The first-order chi connectivity index (χ1) is 7.87. The molecule has 2 rings (SSSR count). The number of H-pyrrole nitrogens is 1. The van der Waals surface area contributed by atoms with Gasteiger partial charge in [-0.05, 0) is 34.1 Å². The largest absolute Gasteiger partial charge is 0.573 e. The maximum atomic E-state index is 12.0. The summed E-state index contributed by atoms with van der Waals surface area (Å²) in [6.45, 7) is 0. The van der Waals surface area contributed by atoms with Crippen LogP contribution in [0.2, 0.25) is 0 Å². The molecule has 0 spiro atoms. The number of fused-ring (bicyclic) bond motifs is 1. The monoisotopic (exact) mass is 307 g/mol. The number of rotatable bonds is 1. The fourth-order valence-electron chi connectivity index (χ4n) is 1.40. The molecule has 0 fully saturated rings. The van der Waals surface area contributed by atoms with Gasteiger partial charge in [-0.15, -0.1) is 13.2 Å². The second kappa shape index (κ2) is 4.06. The molecule has 0 aliphatic heterocycles. The summed E-state index contributed by atoms with van der Waals surface area (Å²) in [6.07, 6.45) is -3.39. The normalized spacial score (nSPS) is 11.8. The minimum Gasteiger partial charge on any atom is -0.406 e. The maximum absolute atomic E-state index is 12.0. The molecule has 1 N–H and O–H groups in total. The highest BCUT2D eigenvalue weighted by molar-refractivity contribution is 9.10. The average molecular weight is 308 g/mol. The molecule has 0 bridgehead atoms. The van der Waals surface area contributed by atoms with Crippen molar-refractivity contribution in [2.75, 3.05) is 0 Å². The van der Waals surface area contributed by atoms with Crippen LogP contribution in [0.15, 0.2) is 33.7 Å². The Morgan fingerprint density at radius 2 is 1.94 bits per heavy atom. The number of nitrogens with one attached hydrogen (secondary N) is 1. The molecule has 0 radical (unpaired) electrons. The predicted octanol–water partition coefficient (Wildman–Crippen LogP) is 3.19. The lowest BCUT2D eigenvalue weighted by atomic mass is 10.2. The smallest absolute Gasteiger partial charge is 0.406 e. The topological polar surface area (TPSA) is 42.1 Å². The highest BCUT2D eigenvalue weighted by Crippen LogP contribution is 2.28. The quantitative estimate of drug-likeness (QED) is 0.879. The molecule has 7 heteroatoms. The first-order valence-corrected chi connectivity index (χ1v) is 5.23. The van der Waals surface area contributed by atoms with E-state index >= 15 is 0 Å². The molecule has 90 valence electrons. The molecule has 0 aliphatic rings. The molecule has 1 aromatic carbocycles. The van der Waals surface area contributed by atoms with Crippen LogP contribution in [0.1, 0.15) is 0 Å². The van der Waals surface area contributed by atoms with Crippen molar-refractivity contribution in [3.05, 3.63) is 39.2 Å². The minimum absolute atomic E-state index is 0.286. The van der Waals surface area contributed by atoms with Crippen LogP contribution < -0.4 is 10.3 Å². The fraction of sp³-hybridized carbons (Fsp3) is 0.100. The predicted molar refractivity (Wildman–Crippen MR) is 59.0 cm³/mol. The van der Waals surface area contributed by atoms with E-state index in [0.29, 0.717) is 9.86 Å². The summed E-state index contributed by atoms with van der Waals surface area (Å²) < 4.78 is 40.3. The van der Waals surface area contributed by atoms with Gasteiger partial charge in [0.05, 0.1) is 0 Å². The van der Waals surface area contributed by atoms with E-state index in [2.05, 4.69) is 25.7 Å². The third-order valence-corrected chi connectivity index (χ3v) is 2.71. The average Bonchev–Trinajstić information content (AvgIpc) is 2.21. The summed E-state index contributed by atoms with van der Waals surface area (Å²) in [5.41, 5.74) is -0.373. The Kier molecular flexibility index (Phi) is 2.86. The van der Waals surface area contributed by atoms with E-state index in [9.17, 15) is 18.0 Å². The zero-order chi connectivity index (χ0) is 12.6. The lowest BCUT2D eigenvalue weighted by Gasteiger charge is -2.09. The molecule has 0 amide bonds. The molecule has 1 aromatic heterocycles. The van der Waals surface area contributed by atoms with Crippen molar-refractivity contribution in [3.63, 3.8) is 0 Å². The van der Waals surface area contributed by atoms with Crippen LogP contribution in [-0.2, 0) is 0 Å². The van der Waals surface area contributed by atoms with Crippen LogP contribution in [0.5, 0.6) is 5.75 Å². The fourth-order valence-corrected chi connectivity index (χ4v) is 1.84. The lowest BCUT2D eigenvalue weighted by molar-refractivity contribution is -0.274. The summed E-state index contributed by atoms with van der Waals surface area (Å²) >= 11 is 3.14. The first kappa shape index (κ1) is 12.0. The van der Waals surface area contributed by atoms with Gasteiger partial charge in [-0.1, -0.05) is 0 Å². The van der Waals surface area contributed by atoms with E-state index in [1.165, 1.54) is 12.3 Å². The lowest BCUT2D eigenvalue weighted by Crippen LogP contribution is -2.17. The summed E-state index contributed by atoms with van der Waals surface area (Å²) in [6, 6.07) is 3.53. The highest BCUT2D eigenvalue weighted by atomic mass is 79.9. The van der Waals surface area contributed by atoms with Crippen LogP contribution in [0, 0.1) is 0 Å². The van der Waals surface area contributed by atoms with Crippen LogP contribution in [0.4, 0.5) is 13.2 Å². The van der Waals surface area contributed by atoms with Crippen LogP contribution >= 0.6 is 15.9 Å². The Labute approximate surface area is 101 Å². The Balaban J connectivity index is 2.58. The number of pyridine rings is 1. The number of hydrogen-bond donors (Lipinski definition) is 1. The molecule has 0 aliphatic carbocycles. The van der Waals surface area contributed by atoms with Gasteiger partial charge in [-0.3, -0.25) is 4.79 Å². The standard InChI is InChI=1S/C10H5BrF3NO2/c11-8-4-15-9(16)6-2-1-5(3-7(6)8)17-10(12,13)14/h1-4H,(H,15,16). The number of alkyl halides is 3. The Bertz CT molecular complexity index is 621. The van der Waals surface area contributed by atoms with Gasteiger partial charge in [-0.2, -0.15) is 0 Å². The van der Waals surface area contributed by atoms with Gasteiger partial charge in [0, 0.05) is 21.4 Å². The molecule has 0 saturated carbocycles. The van der Waals surface area contributed by atoms with Crippen LogP contribution in [0.25, 0.3) is 10.8 Å². The van der Waals surface area contributed by atoms with E-state index in [0.717, 1.165) is 12.1 Å². The summed E-state index contributed by atoms with van der Waals surface area (Å²) in [4.78, 5) is 13.8. The Hall–Kier alpha value is -1.50. The molecular weight excluding hydrogens is 303 g/mol. The number of ether oxygens (including phenoxy) is 1. The minimum atomic E-state index is -4.75. The van der Waals surface area contributed by atoms with E-state index < -0.39 is 6.36 Å². The number of aromatic amines is 1. The van der Waals surface area contributed by atoms with Gasteiger partial charge in [0.2, 0.25) is 0 Å². The van der Waals surface area contributed by atoms with Gasteiger partial charge in [-0.25, -0.2) is 0 Å². The number of benzene rings is 1. The molecule has 0 atom stereocenters. The maximum Gasteiger partial charge on any atom is 0.573 e. The SMILES string of the molecule is O=c1[nH]cc(Br)c2cc(OC(F)(F)F)ccc12. The van der Waals surface area contributed by atoms with Gasteiger partial charge >= 0.3 is 6.36 Å². The first-order valence-electron chi connectivity index (χ1n) is 4.43. The van der Waals surface area contributed by atoms with Crippen molar-refractivity contribution in [3.8, 4) is 5.75 Å². The molecule has 0 saturated heterocycles. The summed E-state index contributed by atoms with van der Waals surface area (Å²) in [7, 11) is 0. The molecule has 0 unspecified atom stereocenters. The number of hydrogen-bond acceptors (Lipinski definition) is 2. The van der Waals surface area contributed by atoms with Gasteiger partial charge in [0.1, 0.15) is 5.75 Å². The Morgan fingerprint density at radius 3 is 2.59 bits per heavy atom. The number of halogens is 4. The van der Waals surface area contributed by atoms with E-state index in [1.54, 1.807) is 0 Å². The van der Waals surface area contributed by atoms with Gasteiger partial charge < -0.3 is 9.72 Å². The molecule has 3 nitrogen and oxygen atoms in total. The van der Waals surface area contributed by atoms with E-state index in [4.69, 9.17) is 0 Å². The van der Waals surface area contributed by atoms with Crippen LogP contribution in [-0.4, -0.2) is 11.3 Å². The van der Waals surface area contributed by atoms with Gasteiger partial charge in [0.25, 0.3) is 5.56 Å². The molecule has 2 aromatic rings. The van der Waals surface area contributed by atoms with Crippen molar-refractivity contribution in [1.82, 2.24) is 4.98 Å². The summed E-state index contributed by atoms with van der Waals surface area (Å²) in [5.74, 6) is -0.365. The van der Waals surface area contributed by atoms with Crippen molar-refractivity contribution in [2.24, 2.45) is 0 Å².